The molecule has 0 aliphatic heterocycles. The van der Waals surface area contributed by atoms with Crippen molar-refractivity contribution < 1.29 is 9.47 Å². The van der Waals surface area contributed by atoms with E-state index in [1.165, 1.54) is 0 Å². The minimum absolute atomic E-state index is 0.387. The molecule has 0 aromatic heterocycles. The van der Waals surface area contributed by atoms with Crippen molar-refractivity contribution in [3.05, 3.63) is 82.9 Å². The van der Waals surface area contributed by atoms with E-state index >= 15 is 0 Å². The summed E-state index contributed by atoms with van der Waals surface area (Å²) in [7, 11) is 1.59. The van der Waals surface area contributed by atoms with Crippen LogP contribution in [0, 0.1) is 11.3 Å². The summed E-state index contributed by atoms with van der Waals surface area (Å²) < 4.78 is 11.9. The second-order valence-electron chi connectivity index (χ2n) is 5.86. The lowest BCUT2D eigenvalue weighted by atomic mass is 10.00. The summed E-state index contributed by atoms with van der Waals surface area (Å²) in [6.45, 7) is 4.04. The van der Waals surface area contributed by atoms with E-state index < -0.39 is 0 Å². The molecule has 0 atom stereocenters. The molecule has 3 aromatic carbocycles. The van der Waals surface area contributed by atoms with E-state index in [-0.39, 0.29) is 0 Å². The van der Waals surface area contributed by atoms with Crippen molar-refractivity contribution in [2.45, 2.75) is 0 Å². The summed E-state index contributed by atoms with van der Waals surface area (Å²) in [6.07, 6.45) is 3.52. The van der Waals surface area contributed by atoms with Crippen LogP contribution in [0.3, 0.4) is 0 Å². The van der Waals surface area contributed by atoms with Crippen molar-refractivity contribution in [2.75, 3.05) is 13.7 Å². The largest absolute Gasteiger partial charge is 0.493 e. The summed E-state index contributed by atoms with van der Waals surface area (Å²) in [6, 6.07) is 20.1. The van der Waals surface area contributed by atoms with Gasteiger partial charge in [0.15, 0.2) is 11.5 Å². The second kappa shape index (κ2) is 8.57. The molecule has 0 saturated carbocycles. The van der Waals surface area contributed by atoms with Crippen molar-refractivity contribution >= 4 is 38.4 Å². The van der Waals surface area contributed by atoms with Crippen molar-refractivity contribution in [1.29, 1.82) is 5.26 Å². The van der Waals surface area contributed by atoms with Gasteiger partial charge in [-0.1, -0.05) is 65.0 Å². The zero-order chi connectivity index (χ0) is 19.2. The Labute approximate surface area is 167 Å². The van der Waals surface area contributed by atoms with E-state index in [9.17, 15) is 5.26 Å². The SMILES string of the molecule is C=CCOc1cc(Br)c(/C=C(/C#N)c2ccc3ccccc3c2)cc1OC. The Bertz CT molecular complexity index is 1060. The van der Waals surface area contributed by atoms with Gasteiger partial charge in [0.1, 0.15) is 6.61 Å². The molecular weight excluding hydrogens is 402 g/mol. The van der Waals surface area contributed by atoms with E-state index in [2.05, 4.69) is 34.6 Å². The fourth-order valence-corrected chi connectivity index (χ4v) is 3.21. The molecule has 0 spiro atoms. The average Bonchev–Trinajstić information content (AvgIpc) is 2.71. The molecule has 0 saturated heterocycles. The van der Waals surface area contributed by atoms with E-state index in [1.54, 1.807) is 13.2 Å². The highest BCUT2D eigenvalue weighted by atomic mass is 79.9. The number of nitrogens with zero attached hydrogens (tertiary/aromatic N) is 1. The molecule has 4 heteroatoms. The topological polar surface area (TPSA) is 42.2 Å². The van der Waals surface area contributed by atoms with Crippen LogP contribution in [-0.2, 0) is 0 Å². The third-order valence-electron chi connectivity index (χ3n) is 4.12. The molecular formula is C23H18BrNO2. The van der Waals surface area contributed by atoms with Gasteiger partial charge >= 0.3 is 0 Å². The quantitative estimate of drug-likeness (QED) is 0.269. The van der Waals surface area contributed by atoms with Gasteiger partial charge in [0.2, 0.25) is 0 Å². The normalized spacial score (nSPS) is 11.1. The molecule has 0 aliphatic rings. The number of nitriles is 1. The smallest absolute Gasteiger partial charge is 0.162 e. The first-order valence-electron chi connectivity index (χ1n) is 8.38. The van der Waals surface area contributed by atoms with Gasteiger partial charge in [0.05, 0.1) is 18.8 Å². The maximum atomic E-state index is 9.70. The first-order chi connectivity index (χ1) is 13.2. The number of hydrogen-bond acceptors (Lipinski definition) is 3. The first-order valence-corrected chi connectivity index (χ1v) is 9.17. The van der Waals surface area contributed by atoms with Crippen LogP contribution in [0.2, 0.25) is 0 Å². The summed E-state index contributed by atoms with van der Waals surface area (Å²) in [5.41, 5.74) is 2.28. The Kier molecular flexibility index (Phi) is 5.95. The van der Waals surface area contributed by atoms with Gasteiger partial charge in [-0.25, -0.2) is 0 Å². The van der Waals surface area contributed by atoms with E-state index in [0.717, 1.165) is 26.4 Å². The number of methoxy groups -OCH3 is 1. The molecule has 0 N–H and O–H groups in total. The molecule has 0 aliphatic carbocycles. The average molecular weight is 420 g/mol. The van der Waals surface area contributed by atoms with Crippen LogP contribution in [0.1, 0.15) is 11.1 Å². The van der Waals surface area contributed by atoms with Crippen molar-refractivity contribution in [3.8, 4) is 17.6 Å². The molecule has 0 fully saturated rings. The van der Waals surface area contributed by atoms with Crippen LogP contribution in [0.5, 0.6) is 11.5 Å². The van der Waals surface area contributed by atoms with Gasteiger partial charge in [0, 0.05) is 4.47 Å². The molecule has 3 aromatic rings. The van der Waals surface area contributed by atoms with Crippen LogP contribution in [0.25, 0.3) is 22.4 Å². The number of rotatable bonds is 6. The van der Waals surface area contributed by atoms with Crippen LogP contribution in [-0.4, -0.2) is 13.7 Å². The Morgan fingerprint density at radius 2 is 1.89 bits per heavy atom. The second-order valence-corrected chi connectivity index (χ2v) is 6.71. The molecule has 0 heterocycles. The monoisotopic (exact) mass is 419 g/mol. The number of benzene rings is 3. The highest BCUT2D eigenvalue weighted by Gasteiger charge is 2.11. The lowest BCUT2D eigenvalue weighted by Crippen LogP contribution is -1.97. The van der Waals surface area contributed by atoms with Crippen molar-refractivity contribution in [2.24, 2.45) is 0 Å². The van der Waals surface area contributed by atoms with Crippen LogP contribution in [0.15, 0.2) is 71.7 Å². The molecule has 0 radical (unpaired) electrons. The van der Waals surface area contributed by atoms with E-state index in [1.807, 2.05) is 54.6 Å². The molecule has 0 bridgehead atoms. The fourth-order valence-electron chi connectivity index (χ4n) is 2.78. The molecule has 27 heavy (non-hydrogen) atoms. The maximum Gasteiger partial charge on any atom is 0.162 e. The van der Waals surface area contributed by atoms with Gasteiger partial charge in [-0.2, -0.15) is 5.26 Å². The van der Waals surface area contributed by atoms with Gasteiger partial charge in [-0.05, 0) is 46.2 Å². The Morgan fingerprint density at radius 1 is 1.11 bits per heavy atom. The summed E-state index contributed by atoms with van der Waals surface area (Å²) in [4.78, 5) is 0. The Morgan fingerprint density at radius 3 is 2.59 bits per heavy atom. The fraction of sp³-hybridized carbons (Fsp3) is 0.0870. The highest BCUT2D eigenvalue weighted by Crippen LogP contribution is 2.35. The lowest BCUT2D eigenvalue weighted by molar-refractivity contribution is 0.326. The van der Waals surface area contributed by atoms with Gasteiger partial charge in [-0.15, -0.1) is 0 Å². The van der Waals surface area contributed by atoms with Gasteiger partial charge < -0.3 is 9.47 Å². The molecule has 0 unspecified atom stereocenters. The maximum absolute atomic E-state index is 9.70. The zero-order valence-corrected chi connectivity index (χ0v) is 16.5. The zero-order valence-electron chi connectivity index (χ0n) is 14.9. The molecule has 0 amide bonds. The van der Waals surface area contributed by atoms with E-state index in [4.69, 9.17) is 9.47 Å². The van der Waals surface area contributed by atoms with Crippen molar-refractivity contribution in [3.63, 3.8) is 0 Å². The van der Waals surface area contributed by atoms with Gasteiger partial charge in [0.25, 0.3) is 0 Å². The highest BCUT2D eigenvalue weighted by molar-refractivity contribution is 9.10. The number of allylic oxidation sites excluding steroid dienone is 1. The molecule has 3 nitrogen and oxygen atoms in total. The third kappa shape index (κ3) is 4.21. The van der Waals surface area contributed by atoms with Crippen LogP contribution in [0.4, 0.5) is 0 Å². The predicted octanol–water partition coefficient (Wildman–Crippen LogP) is 6.24. The summed E-state index contributed by atoms with van der Waals surface area (Å²) in [5, 5.41) is 11.9. The number of hydrogen-bond donors (Lipinski definition) is 0. The standard InChI is InChI=1S/C23H18BrNO2/c1-3-10-27-23-14-21(24)19(13-22(23)26-2)12-20(15-25)18-9-8-16-6-4-5-7-17(16)11-18/h3-9,11-14H,1,10H2,2H3/b20-12-. The van der Waals surface area contributed by atoms with Gasteiger partial charge in [-0.3, -0.25) is 0 Å². The number of halogens is 1. The van der Waals surface area contributed by atoms with Crippen molar-refractivity contribution in [1.82, 2.24) is 0 Å². The third-order valence-corrected chi connectivity index (χ3v) is 4.81. The summed E-state index contributed by atoms with van der Waals surface area (Å²) >= 11 is 3.56. The predicted molar refractivity (Wildman–Crippen MR) is 114 cm³/mol. The summed E-state index contributed by atoms with van der Waals surface area (Å²) in [5.74, 6) is 1.22. The van der Waals surface area contributed by atoms with E-state index in [0.29, 0.717) is 23.7 Å². The number of fused-ring (bicyclic) bond motifs is 1. The number of ether oxygens (including phenoxy) is 2. The Hall–Kier alpha value is -3.03. The minimum atomic E-state index is 0.387. The molecule has 3 rings (SSSR count). The van der Waals surface area contributed by atoms with Crippen LogP contribution < -0.4 is 9.47 Å². The lowest BCUT2D eigenvalue weighted by Gasteiger charge is -2.12. The Balaban J connectivity index is 2.04. The van der Waals surface area contributed by atoms with Crippen LogP contribution >= 0.6 is 15.9 Å². The first kappa shape index (κ1) is 18.8. The molecule has 134 valence electrons. The minimum Gasteiger partial charge on any atom is -0.493 e.